The van der Waals surface area contributed by atoms with E-state index in [1.807, 2.05) is 51.1 Å². The standard InChI is InChI=1S/C22H35NO6/c1-21(2,3)28-19(24)12-13-26-15-18(23-20(25)29-22(4,5)6)16-27-14-17-10-8-7-9-11-17/h7-11,18H,12-16H2,1-6H3,(H,23,25)/t18-/m1/s1. The van der Waals surface area contributed by atoms with Gasteiger partial charge >= 0.3 is 12.1 Å². The molecular formula is C22H35NO6. The molecule has 0 aliphatic heterocycles. The van der Waals surface area contributed by atoms with Gasteiger partial charge < -0.3 is 24.3 Å². The molecule has 1 aromatic rings. The van der Waals surface area contributed by atoms with Gasteiger partial charge in [0.15, 0.2) is 0 Å². The SMILES string of the molecule is CC(C)(C)OC(=O)CCOC[C@H](COCc1ccccc1)NC(=O)OC(C)(C)C. The van der Waals surface area contributed by atoms with Crippen molar-refractivity contribution < 1.29 is 28.5 Å². The summed E-state index contributed by atoms with van der Waals surface area (Å²) in [5.74, 6) is -0.325. The molecule has 1 atom stereocenters. The highest BCUT2D eigenvalue weighted by molar-refractivity contribution is 5.70. The molecule has 7 heteroatoms. The number of esters is 1. The van der Waals surface area contributed by atoms with Crippen molar-refractivity contribution in [2.24, 2.45) is 0 Å². The average Bonchev–Trinajstić information content (AvgIpc) is 2.56. The lowest BCUT2D eigenvalue weighted by Crippen LogP contribution is -2.44. The number of amides is 1. The molecular weight excluding hydrogens is 374 g/mol. The van der Waals surface area contributed by atoms with Crippen molar-refractivity contribution in [3.8, 4) is 0 Å². The van der Waals surface area contributed by atoms with E-state index in [0.717, 1.165) is 5.56 Å². The van der Waals surface area contributed by atoms with Crippen LogP contribution >= 0.6 is 0 Å². The van der Waals surface area contributed by atoms with Crippen LogP contribution in [0.4, 0.5) is 4.79 Å². The third-order valence-electron chi connectivity index (χ3n) is 3.34. The van der Waals surface area contributed by atoms with E-state index in [4.69, 9.17) is 18.9 Å². The minimum absolute atomic E-state index is 0.140. The summed E-state index contributed by atoms with van der Waals surface area (Å²) in [5.41, 5.74) is -0.0883. The van der Waals surface area contributed by atoms with Gasteiger partial charge in [-0.05, 0) is 47.1 Å². The first kappa shape index (κ1) is 24.9. The second-order valence-electron chi connectivity index (χ2n) is 8.76. The molecule has 0 saturated carbocycles. The molecule has 0 heterocycles. The largest absolute Gasteiger partial charge is 0.460 e. The minimum Gasteiger partial charge on any atom is -0.460 e. The van der Waals surface area contributed by atoms with Gasteiger partial charge in [0.05, 0.1) is 38.9 Å². The first-order valence-electron chi connectivity index (χ1n) is 9.85. The summed E-state index contributed by atoms with van der Waals surface area (Å²) in [5, 5.41) is 2.76. The van der Waals surface area contributed by atoms with Gasteiger partial charge in [0.2, 0.25) is 0 Å². The predicted molar refractivity (Wildman–Crippen MR) is 111 cm³/mol. The van der Waals surface area contributed by atoms with E-state index in [-0.39, 0.29) is 32.2 Å². The summed E-state index contributed by atoms with van der Waals surface area (Å²) < 4.78 is 21.8. The van der Waals surface area contributed by atoms with Crippen molar-refractivity contribution in [1.29, 1.82) is 0 Å². The molecule has 0 radical (unpaired) electrons. The van der Waals surface area contributed by atoms with Crippen LogP contribution in [0.25, 0.3) is 0 Å². The molecule has 7 nitrogen and oxygen atoms in total. The van der Waals surface area contributed by atoms with Crippen LogP contribution in [0.3, 0.4) is 0 Å². The van der Waals surface area contributed by atoms with E-state index < -0.39 is 23.3 Å². The number of hydrogen-bond donors (Lipinski definition) is 1. The summed E-state index contributed by atoms with van der Waals surface area (Å²) in [4.78, 5) is 23.8. The fraction of sp³-hybridized carbons (Fsp3) is 0.636. The van der Waals surface area contributed by atoms with Crippen molar-refractivity contribution in [3.05, 3.63) is 35.9 Å². The van der Waals surface area contributed by atoms with Crippen molar-refractivity contribution in [2.45, 2.75) is 71.8 Å². The Labute approximate surface area is 174 Å². The van der Waals surface area contributed by atoms with Crippen LogP contribution in [0.15, 0.2) is 30.3 Å². The van der Waals surface area contributed by atoms with Gasteiger partial charge in [0.25, 0.3) is 0 Å². The highest BCUT2D eigenvalue weighted by Gasteiger charge is 2.20. The Morgan fingerprint density at radius 1 is 0.897 bits per heavy atom. The summed E-state index contributed by atoms with van der Waals surface area (Å²) in [6.07, 6.45) is -0.400. The smallest absolute Gasteiger partial charge is 0.408 e. The topological polar surface area (TPSA) is 83.1 Å². The van der Waals surface area contributed by atoms with E-state index in [9.17, 15) is 9.59 Å². The molecule has 0 unspecified atom stereocenters. The van der Waals surface area contributed by atoms with Gasteiger partial charge in [-0.2, -0.15) is 0 Å². The zero-order valence-electron chi connectivity index (χ0n) is 18.4. The molecule has 29 heavy (non-hydrogen) atoms. The normalized spacial score (nSPS) is 12.9. The lowest BCUT2D eigenvalue weighted by atomic mass is 10.2. The zero-order chi connectivity index (χ0) is 21.9. The van der Waals surface area contributed by atoms with Crippen molar-refractivity contribution >= 4 is 12.1 Å². The first-order valence-corrected chi connectivity index (χ1v) is 9.85. The number of alkyl carbamates (subject to hydrolysis) is 1. The van der Waals surface area contributed by atoms with Crippen LogP contribution in [0.5, 0.6) is 0 Å². The van der Waals surface area contributed by atoms with E-state index in [0.29, 0.717) is 6.61 Å². The Morgan fingerprint density at radius 3 is 2.07 bits per heavy atom. The Kier molecular flexibility index (Phi) is 10.1. The summed E-state index contributed by atoms with van der Waals surface area (Å²) >= 11 is 0. The third kappa shape index (κ3) is 13.7. The summed E-state index contributed by atoms with van der Waals surface area (Å²) in [7, 11) is 0. The maximum Gasteiger partial charge on any atom is 0.408 e. The van der Waals surface area contributed by atoms with Crippen LogP contribution in [0.2, 0.25) is 0 Å². The Morgan fingerprint density at radius 2 is 1.48 bits per heavy atom. The van der Waals surface area contributed by atoms with Crippen molar-refractivity contribution in [2.75, 3.05) is 19.8 Å². The van der Waals surface area contributed by atoms with E-state index in [2.05, 4.69) is 5.32 Å². The van der Waals surface area contributed by atoms with Gasteiger partial charge in [0.1, 0.15) is 11.2 Å². The monoisotopic (exact) mass is 409 g/mol. The Bertz CT molecular complexity index is 618. The van der Waals surface area contributed by atoms with Gasteiger partial charge in [-0.3, -0.25) is 4.79 Å². The lowest BCUT2D eigenvalue weighted by molar-refractivity contribution is -0.156. The molecule has 1 rings (SSSR count). The van der Waals surface area contributed by atoms with Crippen LogP contribution in [-0.2, 0) is 30.3 Å². The van der Waals surface area contributed by atoms with Crippen LogP contribution in [-0.4, -0.2) is 49.1 Å². The van der Waals surface area contributed by atoms with E-state index in [1.54, 1.807) is 20.8 Å². The number of nitrogens with one attached hydrogen (secondary N) is 1. The molecule has 0 bridgehead atoms. The number of ether oxygens (including phenoxy) is 4. The maximum absolute atomic E-state index is 12.1. The number of carbonyl (C=O) groups excluding carboxylic acids is 2. The molecule has 1 amide bonds. The number of hydrogen-bond acceptors (Lipinski definition) is 6. The van der Waals surface area contributed by atoms with E-state index >= 15 is 0 Å². The van der Waals surface area contributed by atoms with Gasteiger partial charge in [-0.15, -0.1) is 0 Å². The quantitative estimate of drug-likeness (QED) is 0.467. The number of rotatable bonds is 10. The second-order valence-corrected chi connectivity index (χ2v) is 8.76. The number of benzene rings is 1. The third-order valence-corrected chi connectivity index (χ3v) is 3.34. The molecule has 0 aliphatic rings. The van der Waals surface area contributed by atoms with Gasteiger partial charge in [0, 0.05) is 0 Å². The van der Waals surface area contributed by atoms with Gasteiger partial charge in [-0.25, -0.2) is 4.79 Å². The fourth-order valence-corrected chi connectivity index (χ4v) is 2.27. The molecule has 0 fully saturated rings. The maximum atomic E-state index is 12.1. The minimum atomic E-state index is -0.600. The molecule has 0 spiro atoms. The second kappa shape index (κ2) is 11.8. The Hall–Kier alpha value is -2.12. The molecule has 1 aromatic carbocycles. The van der Waals surface area contributed by atoms with Crippen LogP contribution in [0.1, 0.15) is 53.5 Å². The summed E-state index contributed by atoms with van der Waals surface area (Å²) in [6, 6.07) is 9.34. The predicted octanol–water partition coefficient (Wildman–Crippen LogP) is 3.84. The van der Waals surface area contributed by atoms with Crippen molar-refractivity contribution in [1.82, 2.24) is 5.32 Å². The summed E-state index contributed by atoms with van der Waals surface area (Å²) in [6.45, 7) is 11.9. The van der Waals surface area contributed by atoms with Crippen LogP contribution < -0.4 is 5.32 Å². The molecule has 0 aromatic heterocycles. The van der Waals surface area contributed by atoms with Crippen molar-refractivity contribution in [3.63, 3.8) is 0 Å². The van der Waals surface area contributed by atoms with Crippen LogP contribution in [0, 0.1) is 0 Å². The fourth-order valence-electron chi connectivity index (χ4n) is 2.27. The Balaban J connectivity index is 2.46. The lowest BCUT2D eigenvalue weighted by Gasteiger charge is -2.24. The van der Waals surface area contributed by atoms with Gasteiger partial charge in [-0.1, -0.05) is 30.3 Å². The highest BCUT2D eigenvalue weighted by atomic mass is 16.6. The first-order chi connectivity index (χ1) is 13.4. The molecule has 164 valence electrons. The zero-order valence-corrected chi connectivity index (χ0v) is 18.4. The molecule has 1 N–H and O–H groups in total. The van der Waals surface area contributed by atoms with E-state index in [1.165, 1.54) is 0 Å². The molecule has 0 saturated heterocycles. The average molecular weight is 410 g/mol. The number of carbonyl (C=O) groups is 2. The highest BCUT2D eigenvalue weighted by Crippen LogP contribution is 2.09. The molecule has 0 aliphatic carbocycles.